The Kier molecular flexibility index (Phi) is 3.67. The molecule has 2 rings (SSSR count). The summed E-state index contributed by atoms with van der Waals surface area (Å²) in [5.74, 6) is 0.675. The number of hydrogen-bond donors (Lipinski definition) is 1. The molecule has 0 aliphatic rings. The third-order valence-electron chi connectivity index (χ3n) is 2.60. The Balaban J connectivity index is 2.21. The number of hydrogen-bond acceptors (Lipinski definition) is 4. The van der Waals surface area contributed by atoms with Crippen LogP contribution in [0.25, 0.3) is 0 Å². The first kappa shape index (κ1) is 12.6. The van der Waals surface area contributed by atoms with E-state index in [-0.39, 0.29) is 0 Å². The third-order valence-corrected chi connectivity index (χ3v) is 2.97. The van der Waals surface area contributed by atoms with E-state index < -0.39 is 0 Å². The molecule has 1 aromatic carbocycles. The molecular weight excluding hydrogens is 248 g/mol. The van der Waals surface area contributed by atoms with Crippen molar-refractivity contribution in [1.82, 2.24) is 9.97 Å². The molecule has 2 N–H and O–H groups in total. The number of nitrogens with two attached hydrogens (primary N) is 1. The molecule has 0 saturated carbocycles. The normalized spacial score (nSPS) is 10.4. The Morgan fingerprint density at radius 1 is 1.33 bits per heavy atom. The van der Waals surface area contributed by atoms with Gasteiger partial charge < -0.3 is 10.6 Å². The average Bonchev–Trinajstić information content (AvgIpc) is 2.34. The van der Waals surface area contributed by atoms with E-state index in [0.29, 0.717) is 23.2 Å². The number of benzene rings is 1. The number of anilines is 2. The second kappa shape index (κ2) is 5.23. The molecule has 0 atom stereocenters. The fourth-order valence-electron chi connectivity index (χ4n) is 1.66. The molecule has 5 heteroatoms. The summed E-state index contributed by atoms with van der Waals surface area (Å²) in [7, 11) is 1.92. The molecule has 1 aromatic heterocycles. The maximum absolute atomic E-state index is 6.14. The Labute approximate surface area is 111 Å². The summed E-state index contributed by atoms with van der Waals surface area (Å²) in [6.07, 6.45) is 1.75. The van der Waals surface area contributed by atoms with Crippen LogP contribution in [0, 0.1) is 6.92 Å². The molecule has 0 saturated heterocycles. The van der Waals surface area contributed by atoms with Gasteiger partial charge in [-0.1, -0.05) is 11.6 Å². The van der Waals surface area contributed by atoms with Crippen molar-refractivity contribution < 1.29 is 0 Å². The van der Waals surface area contributed by atoms with Crippen LogP contribution in [-0.4, -0.2) is 17.0 Å². The zero-order valence-electron chi connectivity index (χ0n) is 10.4. The number of halogens is 1. The number of aryl methyl sites for hydroxylation is 1. The number of rotatable bonds is 3. The monoisotopic (exact) mass is 262 g/mol. The summed E-state index contributed by atoms with van der Waals surface area (Å²) in [4.78, 5) is 10.5. The highest BCUT2D eigenvalue weighted by molar-refractivity contribution is 6.31. The van der Waals surface area contributed by atoms with E-state index in [0.717, 1.165) is 11.3 Å². The SMILES string of the molecule is Cc1ccnc(N(C)Cc2cc(N)ccc2Cl)n1. The van der Waals surface area contributed by atoms with E-state index >= 15 is 0 Å². The predicted octanol–water partition coefficient (Wildman–Crippen LogP) is 2.66. The van der Waals surface area contributed by atoms with Gasteiger partial charge in [-0.2, -0.15) is 0 Å². The fourth-order valence-corrected chi connectivity index (χ4v) is 1.84. The fraction of sp³-hybridized carbons (Fsp3) is 0.231. The van der Waals surface area contributed by atoms with Crippen LogP contribution in [0.15, 0.2) is 30.5 Å². The van der Waals surface area contributed by atoms with Crippen molar-refractivity contribution in [2.45, 2.75) is 13.5 Å². The molecule has 0 radical (unpaired) electrons. The Morgan fingerprint density at radius 2 is 2.11 bits per heavy atom. The maximum atomic E-state index is 6.14. The van der Waals surface area contributed by atoms with Gasteiger partial charge in [0, 0.05) is 36.2 Å². The molecule has 2 aromatic rings. The summed E-state index contributed by atoms with van der Waals surface area (Å²) in [5.41, 5.74) is 8.36. The van der Waals surface area contributed by atoms with Crippen LogP contribution in [0.5, 0.6) is 0 Å². The molecular formula is C13H15ClN4. The summed E-state index contributed by atoms with van der Waals surface area (Å²) in [5, 5.41) is 0.698. The molecule has 0 fully saturated rings. The third kappa shape index (κ3) is 2.90. The zero-order valence-corrected chi connectivity index (χ0v) is 11.1. The molecule has 1 heterocycles. The first-order valence-corrected chi connectivity index (χ1v) is 5.99. The van der Waals surface area contributed by atoms with E-state index in [1.807, 2.05) is 31.0 Å². The lowest BCUT2D eigenvalue weighted by atomic mass is 10.2. The smallest absolute Gasteiger partial charge is 0.225 e. The average molecular weight is 263 g/mol. The van der Waals surface area contributed by atoms with Gasteiger partial charge >= 0.3 is 0 Å². The molecule has 0 aliphatic carbocycles. The molecule has 0 bridgehead atoms. The van der Waals surface area contributed by atoms with Crippen molar-refractivity contribution >= 4 is 23.2 Å². The molecule has 0 amide bonds. The predicted molar refractivity (Wildman–Crippen MR) is 74.7 cm³/mol. The van der Waals surface area contributed by atoms with Gasteiger partial charge in [0.15, 0.2) is 0 Å². The largest absolute Gasteiger partial charge is 0.399 e. The van der Waals surface area contributed by atoms with Crippen molar-refractivity contribution in [3.63, 3.8) is 0 Å². The van der Waals surface area contributed by atoms with Crippen LogP contribution in [0.1, 0.15) is 11.3 Å². The highest BCUT2D eigenvalue weighted by Crippen LogP contribution is 2.21. The number of nitrogens with zero attached hydrogens (tertiary/aromatic N) is 3. The molecule has 4 nitrogen and oxygen atoms in total. The minimum atomic E-state index is 0.618. The van der Waals surface area contributed by atoms with Gasteiger partial charge in [-0.25, -0.2) is 9.97 Å². The minimum absolute atomic E-state index is 0.618. The second-order valence-corrected chi connectivity index (χ2v) is 4.61. The molecule has 94 valence electrons. The van der Waals surface area contributed by atoms with E-state index in [1.165, 1.54) is 0 Å². The van der Waals surface area contributed by atoms with Crippen LogP contribution < -0.4 is 10.6 Å². The topological polar surface area (TPSA) is 55.0 Å². The zero-order chi connectivity index (χ0) is 13.1. The van der Waals surface area contributed by atoms with Gasteiger partial charge in [-0.05, 0) is 36.8 Å². The van der Waals surface area contributed by atoms with Crippen LogP contribution in [0.4, 0.5) is 11.6 Å². The second-order valence-electron chi connectivity index (χ2n) is 4.20. The summed E-state index contributed by atoms with van der Waals surface area (Å²) in [6.45, 7) is 2.56. The van der Waals surface area contributed by atoms with E-state index in [2.05, 4.69) is 9.97 Å². The van der Waals surface area contributed by atoms with Crippen molar-refractivity contribution in [3.8, 4) is 0 Å². The molecule has 18 heavy (non-hydrogen) atoms. The summed E-state index contributed by atoms with van der Waals surface area (Å²) >= 11 is 6.14. The molecule has 0 unspecified atom stereocenters. The van der Waals surface area contributed by atoms with Crippen molar-refractivity contribution in [2.24, 2.45) is 0 Å². The summed E-state index contributed by atoms with van der Waals surface area (Å²) < 4.78 is 0. The highest BCUT2D eigenvalue weighted by Gasteiger charge is 2.08. The standard InChI is InChI=1S/C13H15ClN4/c1-9-5-6-16-13(17-9)18(2)8-10-7-11(15)3-4-12(10)14/h3-7H,8,15H2,1-2H3. The van der Waals surface area contributed by atoms with Crippen molar-refractivity contribution in [2.75, 3.05) is 17.7 Å². The van der Waals surface area contributed by atoms with E-state index in [1.54, 1.807) is 18.3 Å². The lowest BCUT2D eigenvalue weighted by Crippen LogP contribution is -2.19. The van der Waals surface area contributed by atoms with Gasteiger partial charge in [0.05, 0.1) is 0 Å². The summed E-state index contributed by atoms with van der Waals surface area (Å²) in [6, 6.07) is 7.33. The Morgan fingerprint density at radius 3 is 2.83 bits per heavy atom. The van der Waals surface area contributed by atoms with Gasteiger partial charge in [0.25, 0.3) is 0 Å². The lowest BCUT2D eigenvalue weighted by molar-refractivity contribution is 0.860. The number of aromatic nitrogens is 2. The van der Waals surface area contributed by atoms with Gasteiger partial charge in [0.2, 0.25) is 5.95 Å². The Hall–Kier alpha value is -1.81. The van der Waals surface area contributed by atoms with Crippen LogP contribution >= 0.6 is 11.6 Å². The van der Waals surface area contributed by atoms with E-state index in [4.69, 9.17) is 17.3 Å². The minimum Gasteiger partial charge on any atom is -0.399 e. The lowest BCUT2D eigenvalue weighted by Gasteiger charge is -2.18. The molecule has 0 aliphatic heterocycles. The van der Waals surface area contributed by atoms with E-state index in [9.17, 15) is 0 Å². The van der Waals surface area contributed by atoms with Crippen molar-refractivity contribution in [1.29, 1.82) is 0 Å². The van der Waals surface area contributed by atoms with Gasteiger partial charge in [-0.3, -0.25) is 0 Å². The van der Waals surface area contributed by atoms with Crippen LogP contribution in [0.3, 0.4) is 0 Å². The van der Waals surface area contributed by atoms with Crippen LogP contribution in [0.2, 0.25) is 5.02 Å². The van der Waals surface area contributed by atoms with Crippen molar-refractivity contribution in [3.05, 3.63) is 46.7 Å². The maximum Gasteiger partial charge on any atom is 0.225 e. The molecule has 0 spiro atoms. The van der Waals surface area contributed by atoms with Crippen LogP contribution in [-0.2, 0) is 6.54 Å². The first-order chi connectivity index (χ1) is 8.56. The first-order valence-electron chi connectivity index (χ1n) is 5.61. The van der Waals surface area contributed by atoms with Gasteiger partial charge in [-0.15, -0.1) is 0 Å². The number of nitrogen functional groups attached to an aromatic ring is 1. The van der Waals surface area contributed by atoms with Gasteiger partial charge in [0.1, 0.15) is 0 Å². The Bertz CT molecular complexity index is 556. The highest BCUT2D eigenvalue weighted by atomic mass is 35.5. The quantitative estimate of drug-likeness (QED) is 0.864.